The lowest BCUT2D eigenvalue weighted by molar-refractivity contribution is -0.117. The molecule has 0 saturated carbocycles. The summed E-state index contributed by atoms with van der Waals surface area (Å²) in [7, 11) is 1.53. The van der Waals surface area contributed by atoms with E-state index in [-0.39, 0.29) is 11.8 Å². The van der Waals surface area contributed by atoms with Gasteiger partial charge in [-0.25, -0.2) is 0 Å². The van der Waals surface area contributed by atoms with Crippen molar-refractivity contribution >= 4 is 17.5 Å². The number of hydrogen-bond donors (Lipinski definition) is 2. The summed E-state index contributed by atoms with van der Waals surface area (Å²) in [6.45, 7) is 1.63. The summed E-state index contributed by atoms with van der Waals surface area (Å²) >= 11 is 0. The summed E-state index contributed by atoms with van der Waals surface area (Å²) in [5.74, 6) is -0.0329. The van der Waals surface area contributed by atoms with E-state index in [2.05, 4.69) is 10.6 Å². The van der Waals surface area contributed by atoms with Crippen molar-refractivity contribution < 1.29 is 14.3 Å². The predicted octanol–water partition coefficient (Wildman–Crippen LogP) is 2.45. The molecule has 2 amide bonds. The van der Waals surface area contributed by atoms with Crippen LogP contribution in [0, 0.1) is 0 Å². The number of benzene rings is 2. The molecule has 2 N–H and O–H groups in total. The van der Waals surface area contributed by atoms with Gasteiger partial charge in [0.1, 0.15) is 11.8 Å². The van der Waals surface area contributed by atoms with Crippen molar-refractivity contribution in [2.75, 3.05) is 12.4 Å². The van der Waals surface area contributed by atoms with Crippen LogP contribution in [0.25, 0.3) is 0 Å². The molecule has 2 aromatic carbocycles. The average molecular weight is 298 g/mol. The number of para-hydroxylation sites is 2. The Hall–Kier alpha value is -2.82. The van der Waals surface area contributed by atoms with Crippen LogP contribution >= 0.6 is 0 Å². The number of ether oxygens (including phenoxy) is 1. The van der Waals surface area contributed by atoms with E-state index in [1.807, 2.05) is 12.1 Å². The van der Waals surface area contributed by atoms with Crippen LogP contribution in [-0.4, -0.2) is 25.0 Å². The molecule has 0 aromatic heterocycles. The maximum atomic E-state index is 12.2. The fourth-order valence-corrected chi connectivity index (χ4v) is 1.92. The number of carbonyl (C=O) groups excluding carboxylic acids is 2. The van der Waals surface area contributed by atoms with Crippen LogP contribution in [0.4, 0.5) is 5.69 Å². The fraction of sp³-hybridized carbons (Fsp3) is 0.176. The number of hydrogen-bond acceptors (Lipinski definition) is 3. The van der Waals surface area contributed by atoms with E-state index < -0.39 is 6.04 Å². The minimum Gasteiger partial charge on any atom is -0.495 e. The van der Waals surface area contributed by atoms with Gasteiger partial charge in [0, 0.05) is 5.56 Å². The van der Waals surface area contributed by atoms with Crippen molar-refractivity contribution in [2.24, 2.45) is 0 Å². The molecule has 0 saturated heterocycles. The smallest absolute Gasteiger partial charge is 0.251 e. The Morgan fingerprint density at radius 2 is 1.64 bits per heavy atom. The molecule has 5 nitrogen and oxygen atoms in total. The monoisotopic (exact) mass is 298 g/mol. The summed E-state index contributed by atoms with van der Waals surface area (Å²) in [5, 5.41) is 5.40. The van der Waals surface area contributed by atoms with Crippen molar-refractivity contribution in [3.8, 4) is 5.75 Å². The molecule has 1 unspecified atom stereocenters. The summed E-state index contributed by atoms with van der Waals surface area (Å²) < 4.78 is 5.17. The summed E-state index contributed by atoms with van der Waals surface area (Å²) in [4.78, 5) is 24.2. The molecule has 2 aromatic rings. The third-order valence-electron chi connectivity index (χ3n) is 3.14. The largest absolute Gasteiger partial charge is 0.495 e. The van der Waals surface area contributed by atoms with E-state index in [0.29, 0.717) is 17.0 Å². The summed E-state index contributed by atoms with van der Waals surface area (Å²) in [6.07, 6.45) is 0. The molecule has 1 atom stereocenters. The number of rotatable bonds is 5. The van der Waals surface area contributed by atoms with Crippen LogP contribution in [-0.2, 0) is 4.79 Å². The number of methoxy groups -OCH3 is 1. The zero-order valence-electron chi connectivity index (χ0n) is 12.5. The molecular weight excluding hydrogens is 280 g/mol. The Balaban J connectivity index is 1.99. The van der Waals surface area contributed by atoms with Gasteiger partial charge in [-0.2, -0.15) is 0 Å². The first kappa shape index (κ1) is 15.6. The van der Waals surface area contributed by atoms with Crippen molar-refractivity contribution in [3.63, 3.8) is 0 Å². The molecule has 5 heteroatoms. The zero-order chi connectivity index (χ0) is 15.9. The molecule has 0 bridgehead atoms. The van der Waals surface area contributed by atoms with Crippen molar-refractivity contribution in [3.05, 3.63) is 60.2 Å². The van der Waals surface area contributed by atoms with Crippen LogP contribution in [0.5, 0.6) is 5.75 Å². The molecule has 2 rings (SSSR count). The van der Waals surface area contributed by atoms with Gasteiger partial charge in [-0.05, 0) is 31.2 Å². The Labute approximate surface area is 129 Å². The second-order valence-corrected chi connectivity index (χ2v) is 4.75. The standard InChI is InChI=1S/C17H18N2O3/c1-12(18-17(21)13-8-4-3-5-9-13)16(20)19-14-10-6-7-11-15(14)22-2/h3-12H,1-2H3,(H,18,21)(H,19,20). The van der Waals surface area contributed by atoms with Gasteiger partial charge in [0.25, 0.3) is 5.91 Å². The van der Waals surface area contributed by atoms with Gasteiger partial charge in [-0.3, -0.25) is 9.59 Å². The lowest BCUT2D eigenvalue weighted by atomic mass is 10.2. The Morgan fingerprint density at radius 3 is 2.32 bits per heavy atom. The highest BCUT2D eigenvalue weighted by atomic mass is 16.5. The minimum absolute atomic E-state index is 0.289. The van der Waals surface area contributed by atoms with E-state index >= 15 is 0 Å². The first-order valence-electron chi connectivity index (χ1n) is 6.91. The zero-order valence-corrected chi connectivity index (χ0v) is 12.5. The van der Waals surface area contributed by atoms with Gasteiger partial charge in [-0.15, -0.1) is 0 Å². The molecule has 0 radical (unpaired) electrons. The maximum absolute atomic E-state index is 12.2. The van der Waals surface area contributed by atoms with E-state index in [1.165, 1.54) is 7.11 Å². The van der Waals surface area contributed by atoms with Gasteiger partial charge < -0.3 is 15.4 Å². The van der Waals surface area contributed by atoms with E-state index in [9.17, 15) is 9.59 Å². The third kappa shape index (κ3) is 3.85. The fourth-order valence-electron chi connectivity index (χ4n) is 1.92. The van der Waals surface area contributed by atoms with E-state index in [1.54, 1.807) is 49.4 Å². The second-order valence-electron chi connectivity index (χ2n) is 4.75. The first-order valence-corrected chi connectivity index (χ1v) is 6.91. The highest BCUT2D eigenvalue weighted by Gasteiger charge is 2.17. The Bertz CT molecular complexity index is 656. The van der Waals surface area contributed by atoms with Crippen molar-refractivity contribution in [1.82, 2.24) is 5.32 Å². The number of nitrogens with one attached hydrogen (secondary N) is 2. The van der Waals surface area contributed by atoms with Gasteiger partial charge >= 0.3 is 0 Å². The van der Waals surface area contributed by atoms with Crippen LogP contribution < -0.4 is 15.4 Å². The highest BCUT2D eigenvalue weighted by Crippen LogP contribution is 2.23. The SMILES string of the molecule is COc1ccccc1NC(=O)C(C)NC(=O)c1ccccc1. The maximum Gasteiger partial charge on any atom is 0.251 e. The molecule has 22 heavy (non-hydrogen) atoms. The highest BCUT2D eigenvalue weighted by molar-refractivity contribution is 6.01. The molecule has 0 aliphatic rings. The van der Waals surface area contributed by atoms with Crippen LogP contribution in [0.3, 0.4) is 0 Å². The number of carbonyl (C=O) groups is 2. The van der Waals surface area contributed by atoms with Gasteiger partial charge in [0.15, 0.2) is 0 Å². The van der Waals surface area contributed by atoms with Crippen molar-refractivity contribution in [1.29, 1.82) is 0 Å². The minimum atomic E-state index is -0.669. The van der Waals surface area contributed by atoms with E-state index in [0.717, 1.165) is 0 Å². The third-order valence-corrected chi connectivity index (χ3v) is 3.14. The molecule has 0 spiro atoms. The van der Waals surface area contributed by atoms with Crippen LogP contribution in [0.2, 0.25) is 0 Å². The lowest BCUT2D eigenvalue weighted by Gasteiger charge is -2.15. The van der Waals surface area contributed by atoms with Crippen LogP contribution in [0.15, 0.2) is 54.6 Å². The molecule has 0 fully saturated rings. The van der Waals surface area contributed by atoms with Crippen molar-refractivity contribution in [2.45, 2.75) is 13.0 Å². The van der Waals surface area contributed by atoms with Crippen LogP contribution in [0.1, 0.15) is 17.3 Å². The lowest BCUT2D eigenvalue weighted by Crippen LogP contribution is -2.41. The molecule has 0 aliphatic heterocycles. The molecular formula is C17H18N2O3. The summed E-state index contributed by atoms with van der Waals surface area (Å²) in [6, 6.07) is 15.2. The predicted molar refractivity (Wildman–Crippen MR) is 85.0 cm³/mol. The molecule has 0 heterocycles. The summed E-state index contributed by atoms with van der Waals surface area (Å²) in [5.41, 5.74) is 1.08. The Morgan fingerprint density at radius 1 is 1.00 bits per heavy atom. The quantitative estimate of drug-likeness (QED) is 0.891. The van der Waals surface area contributed by atoms with E-state index in [4.69, 9.17) is 4.74 Å². The number of anilines is 1. The average Bonchev–Trinajstić information content (AvgIpc) is 2.56. The normalized spacial score (nSPS) is 11.4. The van der Waals surface area contributed by atoms with Gasteiger partial charge in [0.2, 0.25) is 5.91 Å². The van der Waals surface area contributed by atoms with Gasteiger partial charge in [0.05, 0.1) is 12.8 Å². The molecule has 114 valence electrons. The second kappa shape index (κ2) is 7.26. The van der Waals surface area contributed by atoms with Gasteiger partial charge in [-0.1, -0.05) is 30.3 Å². The molecule has 0 aliphatic carbocycles. The number of amides is 2. The topological polar surface area (TPSA) is 67.4 Å². The first-order chi connectivity index (χ1) is 10.6. The Kier molecular flexibility index (Phi) is 5.14.